The van der Waals surface area contributed by atoms with Crippen molar-refractivity contribution < 1.29 is 14.7 Å². The van der Waals surface area contributed by atoms with E-state index in [9.17, 15) is 9.59 Å². The summed E-state index contributed by atoms with van der Waals surface area (Å²) in [5.74, 6) is -1.34. The molecule has 0 bridgehead atoms. The third-order valence-electron chi connectivity index (χ3n) is 2.01. The van der Waals surface area contributed by atoms with Crippen LogP contribution in [0.3, 0.4) is 0 Å². The van der Waals surface area contributed by atoms with Crippen molar-refractivity contribution in [3.05, 3.63) is 21.9 Å². The molecule has 0 aromatic carbocycles. The molecule has 1 aromatic heterocycles. The number of carboxylic acids is 1. The second-order valence-corrected chi connectivity index (χ2v) is 4.36. The van der Waals surface area contributed by atoms with Gasteiger partial charge in [0, 0.05) is 11.3 Å². The van der Waals surface area contributed by atoms with Crippen molar-refractivity contribution in [2.45, 2.75) is 25.8 Å². The molecule has 1 atom stereocenters. The summed E-state index contributed by atoms with van der Waals surface area (Å²) in [6.45, 7) is 2.00. The van der Waals surface area contributed by atoms with Gasteiger partial charge in [0.2, 0.25) is 0 Å². The number of hydrogen-bond acceptors (Lipinski definition) is 4. The average Bonchev–Trinajstić information content (AvgIpc) is 2.65. The summed E-state index contributed by atoms with van der Waals surface area (Å²) in [6.07, 6.45) is 0.738. The zero-order valence-corrected chi connectivity index (χ0v) is 9.21. The smallest absolute Gasteiger partial charge is 0.320 e. The third kappa shape index (κ3) is 3.14. The highest BCUT2D eigenvalue weighted by Gasteiger charge is 2.18. The van der Waals surface area contributed by atoms with E-state index in [0.717, 1.165) is 11.3 Å². The van der Waals surface area contributed by atoms with E-state index in [1.807, 2.05) is 13.0 Å². The summed E-state index contributed by atoms with van der Waals surface area (Å²) in [6, 6.07) is 2.49. The Labute approximate surface area is 91.7 Å². The largest absolute Gasteiger partial charge is 0.480 e. The second kappa shape index (κ2) is 5.04. The molecule has 0 radical (unpaired) electrons. The Morgan fingerprint density at radius 2 is 2.20 bits per heavy atom. The monoisotopic (exact) mass is 227 g/mol. The second-order valence-electron chi connectivity index (χ2n) is 3.19. The van der Waals surface area contributed by atoms with Gasteiger partial charge in [-0.1, -0.05) is 6.92 Å². The molecule has 0 aliphatic heterocycles. The van der Waals surface area contributed by atoms with E-state index in [4.69, 9.17) is 10.8 Å². The summed E-state index contributed by atoms with van der Waals surface area (Å²) >= 11 is 1.40. The van der Waals surface area contributed by atoms with Gasteiger partial charge < -0.3 is 10.8 Å². The summed E-state index contributed by atoms with van der Waals surface area (Å²) < 4.78 is 0. The topological polar surface area (TPSA) is 80.4 Å². The van der Waals surface area contributed by atoms with Crippen LogP contribution >= 0.6 is 11.3 Å². The van der Waals surface area contributed by atoms with E-state index in [-0.39, 0.29) is 12.2 Å². The van der Waals surface area contributed by atoms with Crippen molar-refractivity contribution in [1.29, 1.82) is 0 Å². The van der Waals surface area contributed by atoms with Gasteiger partial charge in [-0.2, -0.15) is 0 Å². The van der Waals surface area contributed by atoms with Crippen LogP contribution in [0.1, 0.15) is 27.9 Å². The maximum absolute atomic E-state index is 11.6. The number of nitrogens with two attached hydrogens (primary N) is 1. The summed E-state index contributed by atoms with van der Waals surface area (Å²) in [5.41, 5.74) is 5.28. The van der Waals surface area contributed by atoms with Gasteiger partial charge in [0.05, 0.1) is 4.88 Å². The number of hydrogen-bond donors (Lipinski definition) is 2. The molecule has 1 unspecified atom stereocenters. The Morgan fingerprint density at radius 1 is 1.53 bits per heavy atom. The fourth-order valence-corrected chi connectivity index (χ4v) is 2.00. The lowest BCUT2D eigenvalue weighted by atomic mass is 10.1. The first-order chi connectivity index (χ1) is 7.04. The number of carboxylic acid groups (broad SMARTS) is 1. The Balaban J connectivity index is 2.65. The zero-order chi connectivity index (χ0) is 11.4. The molecule has 0 fully saturated rings. The van der Waals surface area contributed by atoms with Crippen molar-refractivity contribution in [3.63, 3.8) is 0 Å². The lowest BCUT2D eigenvalue weighted by Crippen LogP contribution is -2.32. The number of rotatable bonds is 5. The standard InChI is InChI=1S/C10H13NO3S/c1-2-6-3-4-9(15-6)8(12)5-7(11)10(13)14/h3-4,7H,2,5,11H2,1H3,(H,13,14). The number of carbonyl (C=O) groups is 2. The molecule has 82 valence electrons. The molecule has 0 saturated carbocycles. The van der Waals surface area contributed by atoms with E-state index in [0.29, 0.717) is 4.88 Å². The van der Waals surface area contributed by atoms with Crippen LogP contribution in [0.25, 0.3) is 0 Å². The van der Waals surface area contributed by atoms with E-state index >= 15 is 0 Å². The quantitative estimate of drug-likeness (QED) is 0.743. The van der Waals surface area contributed by atoms with Gasteiger partial charge in [0.15, 0.2) is 5.78 Å². The first-order valence-electron chi connectivity index (χ1n) is 4.65. The van der Waals surface area contributed by atoms with E-state index in [1.54, 1.807) is 6.07 Å². The van der Waals surface area contributed by atoms with Gasteiger partial charge in [-0.3, -0.25) is 9.59 Å². The minimum absolute atomic E-state index is 0.140. The minimum Gasteiger partial charge on any atom is -0.480 e. The number of aliphatic carboxylic acids is 1. The Morgan fingerprint density at radius 3 is 2.67 bits per heavy atom. The molecule has 0 aliphatic carbocycles. The predicted molar refractivity (Wildman–Crippen MR) is 58.3 cm³/mol. The molecule has 4 nitrogen and oxygen atoms in total. The van der Waals surface area contributed by atoms with Crippen molar-refractivity contribution >= 4 is 23.1 Å². The Kier molecular flexibility index (Phi) is 3.99. The summed E-state index contributed by atoms with van der Waals surface area (Å²) in [7, 11) is 0. The zero-order valence-electron chi connectivity index (χ0n) is 8.40. The number of thiophene rings is 1. The van der Waals surface area contributed by atoms with Crippen LogP contribution in [0.2, 0.25) is 0 Å². The molecule has 1 rings (SSSR count). The van der Waals surface area contributed by atoms with Crippen LogP contribution in [0.15, 0.2) is 12.1 Å². The first kappa shape index (κ1) is 11.9. The van der Waals surface area contributed by atoms with Crippen molar-refractivity contribution in [1.82, 2.24) is 0 Å². The highest BCUT2D eigenvalue weighted by atomic mass is 32.1. The van der Waals surface area contributed by atoms with Crippen LogP contribution < -0.4 is 5.73 Å². The van der Waals surface area contributed by atoms with Crippen LogP contribution in [-0.2, 0) is 11.2 Å². The van der Waals surface area contributed by atoms with Crippen LogP contribution in [0.5, 0.6) is 0 Å². The Bertz CT molecular complexity index is 372. The molecule has 0 saturated heterocycles. The first-order valence-corrected chi connectivity index (χ1v) is 5.46. The molecule has 1 heterocycles. The van der Waals surface area contributed by atoms with E-state index in [1.165, 1.54) is 11.3 Å². The van der Waals surface area contributed by atoms with Crippen molar-refractivity contribution in [2.75, 3.05) is 0 Å². The number of ketones is 1. The van der Waals surface area contributed by atoms with Gasteiger partial charge in [0.1, 0.15) is 6.04 Å². The normalized spacial score (nSPS) is 12.4. The van der Waals surface area contributed by atoms with Crippen molar-refractivity contribution in [3.8, 4) is 0 Å². The van der Waals surface area contributed by atoms with Crippen LogP contribution in [0, 0.1) is 0 Å². The molecule has 0 amide bonds. The third-order valence-corrected chi connectivity index (χ3v) is 3.28. The van der Waals surface area contributed by atoms with Crippen molar-refractivity contribution in [2.24, 2.45) is 5.73 Å². The van der Waals surface area contributed by atoms with E-state index < -0.39 is 12.0 Å². The lowest BCUT2D eigenvalue weighted by Gasteiger charge is -2.03. The minimum atomic E-state index is -1.14. The molecular formula is C10H13NO3S. The fourth-order valence-electron chi connectivity index (χ4n) is 1.11. The molecule has 5 heteroatoms. The fraction of sp³-hybridized carbons (Fsp3) is 0.400. The van der Waals surface area contributed by atoms with E-state index in [2.05, 4.69) is 0 Å². The van der Waals surface area contributed by atoms with Gasteiger partial charge in [-0.25, -0.2) is 0 Å². The lowest BCUT2D eigenvalue weighted by molar-refractivity contribution is -0.138. The molecule has 3 N–H and O–H groups in total. The van der Waals surface area contributed by atoms with Crippen LogP contribution in [0.4, 0.5) is 0 Å². The van der Waals surface area contributed by atoms with Crippen LogP contribution in [-0.4, -0.2) is 22.9 Å². The molecule has 0 spiro atoms. The predicted octanol–water partition coefficient (Wildman–Crippen LogP) is 1.30. The molecule has 0 aliphatic rings. The molecule has 15 heavy (non-hydrogen) atoms. The van der Waals surface area contributed by atoms with Gasteiger partial charge in [-0.15, -0.1) is 11.3 Å². The van der Waals surface area contributed by atoms with Gasteiger partial charge in [0.25, 0.3) is 0 Å². The maximum Gasteiger partial charge on any atom is 0.320 e. The SMILES string of the molecule is CCc1ccc(C(=O)CC(N)C(=O)O)s1. The number of Topliss-reactive ketones (excluding diaryl/α,β-unsaturated/α-hetero) is 1. The number of aryl methyl sites for hydroxylation is 1. The molecular weight excluding hydrogens is 214 g/mol. The molecule has 1 aromatic rings. The summed E-state index contributed by atoms with van der Waals surface area (Å²) in [5, 5.41) is 8.56. The highest BCUT2D eigenvalue weighted by Crippen LogP contribution is 2.18. The van der Waals surface area contributed by atoms with Gasteiger partial charge >= 0.3 is 5.97 Å². The maximum atomic E-state index is 11.6. The Hall–Kier alpha value is -1.20. The highest BCUT2D eigenvalue weighted by molar-refractivity contribution is 7.14. The van der Waals surface area contributed by atoms with Gasteiger partial charge in [-0.05, 0) is 18.6 Å². The summed E-state index contributed by atoms with van der Waals surface area (Å²) in [4.78, 5) is 23.7. The average molecular weight is 227 g/mol. The number of carbonyl (C=O) groups excluding carboxylic acids is 1.